The smallest absolute Gasteiger partial charge is 0.0178 e. The Morgan fingerprint density at radius 3 is 2.70 bits per heavy atom. The molecule has 0 saturated heterocycles. The fraction of sp³-hybridized carbons (Fsp3) is 0.250. The molecule has 0 bridgehead atoms. The second-order valence-corrected chi connectivity index (χ2v) is 3.45. The third-order valence-corrected chi connectivity index (χ3v) is 2.63. The molecule has 0 spiro atoms. The molecule has 1 rings (SSSR count). The molecular formula is C8H10IN. The Kier molecular flexibility index (Phi) is 2.68. The Morgan fingerprint density at radius 1 is 1.50 bits per heavy atom. The number of hydrogen-bond acceptors (Lipinski definition) is 1. The van der Waals surface area contributed by atoms with Crippen LogP contribution < -0.4 is 5.73 Å². The first-order valence-electron chi connectivity index (χ1n) is 3.19. The van der Waals surface area contributed by atoms with E-state index in [1.807, 2.05) is 0 Å². The van der Waals surface area contributed by atoms with Crippen molar-refractivity contribution in [3.63, 3.8) is 0 Å². The number of nitrogens with two attached hydrogens (primary N) is 1. The lowest BCUT2D eigenvalue weighted by atomic mass is 10.2. The van der Waals surface area contributed by atoms with Gasteiger partial charge in [-0.15, -0.1) is 0 Å². The van der Waals surface area contributed by atoms with Crippen LogP contribution in [-0.2, 0) is 6.54 Å². The minimum Gasteiger partial charge on any atom is -0.326 e. The van der Waals surface area contributed by atoms with Crippen molar-refractivity contribution >= 4 is 22.6 Å². The number of aryl methyl sites for hydroxylation is 1. The van der Waals surface area contributed by atoms with Crippen LogP contribution >= 0.6 is 22.6 Å². The maximum absolute atomic E-state index is 5.47. The van der Waals surface area contributed by atoms with Gasteiger partial charge in [-0.3, -0.25) is 0 Å². The molecule has 0 atom stereocenters. The summed E-state index contributed by atoms with van der Waals surface area (Å²) in [6.07, 6.45) is 0. The first kappa shape index (κ1) is 8.01. The molecule has 2 N–H and O–H groups in total. The molecule has 0 amide bonds. The average Bonchev–Trinajstić information content (AvgIpc) is 1.95. The van der Waals surface area contributed by atoms with Gasteiger partial charge in [-0.2, -0.15) is 0 Å². The quantitative estimate of drug-likeness (QED) is 0.755. The van der Waals surface area contributed by atoms with Crippen molar-refractivity contribution in [1.29, 1.82) is 0 Å². The summed E-state index contributed by atoms with van der Waals surface area (Å²) in [5.41, 5.74) is 7.99. The molecule has 0 saturated carbocycles. The molecule has 0 unspecified atom stereocenters. The van der Waals surface area contributed by atoms with E-state index in [0.717, 1.165) is 0 Å². The molecule has 0 aliphatic carbocycles. The molecular weight excluding hydrogens is 237 g/mol. The zero-order chi connectivity index (χ0) is 7.56. The molecule has 0 aliphatic rings. The Morgan fingerprint density at radius 2 is 2.20 bits per heavy atom. The summed E-state index contributed by atoms with van der Waals surface area (Å²) in [7, 11) is 0. The van der Waals surface area contributed by atoms with Crippen LogP contribution in [0.5, 0.6) is 0 Å². The zero-order valence-electron chi connectivity index (χ0n) is 5.89. The van der Waals surface area contributed by atoms with Gasteiger partial charge in [0.25, 0.3) is 0 Å². The molecule has 0 radical (unpaired) electrons. The van der Waals surface area contributed by atoms with Crippen LogP contribution in [0, 0.1) is 10.5 Å². The van der Waals surface area contributed by atoms with E-state index < -0.39 is 0 Å². The van der Waals surface area contributed by atoms with Crippen LogP contribution in [0.25, 0.3) is 0 Å². The van der Waals surface area contributed by atoms with E-state index in [9.17, 15) is 0 Å². The van der Waals surface area contributed by atoms with Crippen molar-refractivity contribution in [2.75, 3.05) is 0 Å². The molecule has 2 heteroatoms. The van der Waals surface area contributed by atoms with Gasteiger partial charge in [-0.05, 0) is 46.7 Å². The van der Waals surface area contributed by atoms with Crippen LogP contribution in [0.3, 0.4) is 0 Å². The van der Waals surface area contributed by atoms with Crippen molar-refractivity contribution < 1.29 is 0 Å². The lowest BCUT2D eigenvalue weighted by Gasteiger charge is -1.99. The highest BCUT2D eigenvalue weighted by Crippen LogP contribution is 2.12. The largest absolute Gasteiger partial charge is 0.326 e. The maximum Gasteiger partial charge on any atom is 0.0178 e. The lowest BCUT2D eigenvalue weighted by molar-refractivity contribution is 1.07. The van der Waals surface area contributed by atoms with Gasteiger partial charge in [0.2, 0.25) is 0 Å². The van der Waals surface area contributed by atoms with E-state index >= 15 is 0 Å². The first-order valence-corrected chi connectivity index (χ1v) is 4.27. The van der Waals surface area contributed by atoms with Crippen LogP contribution in [0.4, 0.5) is 0 Å². The first-order chi connectivity index (χ1) is 4.74. The van der Waals surface area contributed by atoms with E-state index in [-0.39, 0.29) is 0 Å². The standard InChI is InChI=1S/C8H10IN/c1-6-2-3-7(5-10)4-8(6)9/h2-4H,5,10H2,1H3. The molecule has 1 aromatic rings. The molecule has 10 heavy (non-hydrogen) atoms. The number of hydrogen-bond donors (Lipinski definition) is 1. The van der Waals surface area contributed by atoms with Crippen molar-refractivity contribution in [3.05, 3.63) is 32.9 Å². The van der Waals surface area contributed by atoms with Gasteiger partial charge in [0.05, 0.1) is 0 Å². The van der Waals surface area contributed by atoms with E-state index in [4.69, 9.17) is 5.73 Å². The third-order valence-electron chi connectivity index (χ3n) is 1.47. The molecule has 0 heterocycles. The highest BCUT2D eigenvalue weighted by atomic mass is 127. The van der Waals surface area contributed by atoms with Crippen molar-refractivity contribution in [3.8, 4) is 0 Å². The summed E-state index contributed by atoms with van der Waals surface area (Å²) in [5.74, 6) is 0. The normalized spacial score (nSPS) is 9.90. The monoisotopic (exact) mass is 247 g/mol. The minimum absolute atomic E-state index is 0.635. The molecule has 1 aromatic carbocycles. The molecule has 1 nitrogen and oxygen atoms in total. The van der Waals surface area contributed by atoms with Crippen LogP contribution in [0.2, 0.25) is 0 Å². The lowest BCUT2D eigenvalue weighted by Crippen LogP contribution is -1.96. The Balaban J connectivity index is 3.04. The van der Waals surface area contributed by atoms with E-state index in [2.05, 4.69) is 47.7 Å². The van der Waals surface area contributed by atoms with Gasteiger partial charge >= 0.3 is 0 Å². The third kappa shape index (κ3) is 1.70. The molecule has 0 aliphatic heterocycles. The van der Waals surface area contributed by atoms with Crippen LogP contribution in [0.1, 0.15) is 11.1 Å². The predicted molar refractivity (Wildman–Crippen MR) is 51.8 cm³/mol. The Bertz CT molecular complexity index is 233. The summed E-state index contributed by atoms with van der Waals surface area (Å²) < 4.78 is 1.29. The average molecular weight is 247 g/mol. The molecule has 0 aromatic heterocycles. The molecule has 54 valence electrons. The highest BCUT2D eigenvalue weighted by Gasteiger charge is 1.93. The van der Waals surface area contributed by atoms with E-state index in [1.165, 1.54) is 14.7 Å². The fourth-order valence-electron chi connectivity index (χ4n) is 0.763. The summed E-state index contributed by atoms with van der Waals surface area (Å²) in [6, 6.07) is 6.29. The summed E-state index contributed by atoms with van der Waals surface area (Å²) in [5, 5.41) is 0. The SMILES string of the molecule is Cc1ccc(CN)cc1I. The zero-order valence-corrected chi connectivity index (χ0v) is 8.05. The topological polar surface area (TPSA) is 26.0 Å². The maximum atomic E-state index is 5.47. The number of rotatable bonds is 1. The number of benzene rings is 1. The van der Waals surface area contributed by atoms with E-state index in [0.29, 0.717) is 6.54 Å². The number of halogens is 1. The van der Waals surface area contributed by atoms with Gasteiger partial charge in [-0.25, -0.2) is 0 Å². The van der Waals surface area contributed by atoms with Gasteiger partial charge < -0.3 is 5.73 Å². The van der Waals surface area contributed by atoms with Crippen molar-refractivity contribution in [2.24, 2.45) is 5.73 Å². The van der Waals surface area contributed by atoms with Gasteiger partial charge in [0.15, 0.2) is 0 Å². The van der Waals surface area contributed by atoms with Crippen LogP contribution in [0.15, 0.2) is 18.2 Å². The van der Waals surface area contributed by atoms with Gasteiger partial charge in [0.1, 0.15) is 0 Å². The summed E-state index contributed by atoms with van der Waals surface area (Å²) in [6.45, 7) is 2.73. The van der Waals surface area contributed by atoms with Gasteiger partial charge in [0, 0.05) is 10.1 Å². The van der Waals surface area contributed by atoms with Crippen LogP contribution in [-0.4, -0.2) is 0 Å². The van der Waals surface area contributed by atoms with E-state index in [1.54, 1.807) is 0 Å². The fourth-order valence-corrected chi connectivity index (χ4v) is 1.34. The summed E-state index contributed by atoms with van der Waals surface area (Å²) >= 11 is 2.32. The summed E-state index contributed by atoms with van der Waals surface area (Å²) in [4.78, 5) is 0. The Hall–Kier alpha value is -0.0900. The second kappa shape index (κ2) is 3.34. The van der Waals surface area contributed by atoms with Gasteiger partial charge in [-0.1, -0.05) is 12.1 Å². The molecule has 0 fully saturated rings. The second-order valence-electron chi connectivity index (χ2n) is 2.29. The minimum atomic E-state index is 0.635. The van der Waals surface area contributed by atoms with Crippen molar-refractivity contribution in [1.82, 2.24) is 0 Å². The predicted octanol–water partition coefficient (Wildman–Crippen LogP) is 2.06. The van der Waals surface area contributed by atoms with Crippen molar-refractivity contribution in [2.45, 2.75) is 13.5 Å². The Labute approximate surface area is 74.8 Å². The highest BCUT2D eigenvalue weighted by molar-refractivity contribution is 14.1.